The summed E-state index contributed by atoms with van der Waals surface area (Å²) in [5, 5.41) is 9.74. The molecule has 0 unspecified atom stereocenters. The summed E-state index contributed by atoms with van der Waals surface area (Å²) in [4.78, 5) is 12.8. The van der Waals surface area contributed by atoms with Gasteiger partial charge in [0.2, 0.25) is 22.5 Å². The highest BCUT2D eigenvalue weighted by molar-refractivity contribution is 7.90. The first-order valence-corrected chi connectivity index (χ1v) is 10.6. The number of nitrogens with one attached hydrogen (secondary N) is 1. The molecular formula is C19H17N3O6S. The van der Waals surface area contributed by atoms with Gasteiger partial charge in [-0.3, -0.25) is 4.79 Å². The molecule has 10 heteroatoms. The van der Waals surface area contributed by atoms with Crippen LogP contribution in [0.3, 0.4) is 0 Å². The van der Waals surface area contributed by atoms with E-state index in [1.165, 1.54) is 0 Å². The zero-order chi connectivity index (χ0) is 20.4. The molecule has 0 aliphatic carbocycles. The standard InChI is InChI=1S/C19H17N3O6S/c1-29(24,25)19-22-21-18(28-19)14(9-12-5-3-2-4-6-12)20-17(23)13-7-8-15-16(10-13)27-11-26-15/h2-8,10,14H,9,11H2,1H3,(H,20,23)/t14-/m0/s1. The molecule has 1 aromatic heterocycles. The molecule has 1 aliphatic rings. The largest absolute Gasteiger partial charge is 0.454 e. The molecule has 150 valence electrons. The maximum atomic E-state index is 12.8. The quantitative estimate of drug-likeness (QED) is 0.648. The van der Waals surface area contributed by atoms with Crippen LogP contribution in [-0.4, -0.2) is 37.6 Å². The minimum absolute atomic E-state index is 0.00312. The van der Waals surface area contributed by atoms with E-state index in [9.17, 15) is 13.2 Å². The molecule has 3 aromatic rings. The third-order valence-corrected chi connectivity index (χ3v) is 5.06. The van der Waals surface area contributed by atoms with E-state index in [0.29, 0.717) is 23.5 Å². The summed E-state index contributed by atoms with van der Waals surface area (Å²) in [6, 6.07) is 13.5. The van der Waals surface area contributed by atoms with Crippen molar-refractivity contribution in [1.82, 2.24) is 15.5 Å². The molecule has 29 heavy (non-hydrogen) atoms. The lowest BCUT2D eigenvalue weighted by molar-refractivity contribution is 0.0928. The number of ether oxygens (including phenoxy) is 2. The van der Waals surface area contributed by atoms with E-state index in [4.69, 9.17) is 13.9 Å². The Morgan fingerprint density at radius 3 is 2.59 bits per heavy atom. The lowest BCUT2D eigenvalue weighted by atomic mass is 10.1. The number of aromatic nitrogens is 2. The van der Waals surface area contributed by atoms with Crippen molar-refractivity contribution in [2.75, 3.05) is 13.0 Å². The van der Waals surface area contributed by atoms with Crippen LogP contribution in [0.4, 0.5) is 0 Å². The van der Waals surface area contributed by atoms with Gasteiger partial charge < -0.3 is 19.2 Å². The predicted molar refractivity (Wildman–Crippen MR) is 100 cm³/mol. The van der Waals surface area contributed by atoms with E-state index in [1.807, 2.05) is 30.3 Å². The van der Waals surface area contributed by atoms with Crippen LogP contribution in [0, 0.1) is 0 Å². The van der Waals surface area contributed by atoms with Crippen molar-refractivity contribution in [3.8, 4) is 11.5 Å². The Hall–Kier alpha value is -3.40. The lowest BCUT2D eigenvalue weighted by Gasteiger charge is -2.15. The van der Waals surface area contributed by atoms with Crippen molar-refractivity contribution in [3.63, 3.8) is 0 Å². The second kappa shape index (κ2) is 7.55. The Kier molecular flexibility index (Phi) is 4.93. The maximum Gasteiger partial charge on any atom is 0.335 e. The summed E-state index contributed by atoms with van der Waals surface area (Å²) >= 11 is 0. The number of sulfone groups is 1. The fraction of sp³-hybridized carbons (Fsp3) is 0.211. The average molecular weight is 415 g/mol. The Morgan fingerprint density at radius 1 is 1.10 bits per heavy atom. The second-order valence-electron chi connectivity index (χ2n) is 6.46. The molecule has 0 saturated carbocycles. The van der Waals surface area contributed by atoms with Crippen LogP contribution in [0.15, 0.2) is 58.2 Å². The molecule has 0 fully saturated rings. The van der Waals surface area contributed by atoms with Crippen molar-refractivity contribution < 1.29 is 27.1 Å². The molecule has 1 N–H and O–H groups in total. The van der Waals surface area contributed by atoms with E-state index in [2.05, 4.69) is 15.5 Å². The Morgan fingerprint density at radius 2 is 1.86 bits per heavy atom. The zero-order valence-electron chi connectivity index (χ0n) is 15.4. The normalized spacial score (nSPS) is 13.8. The summed E-state index contributed by atoms with van der Waals surface area (Å²) in [6.45, 7) is 0.104. The van der Waals surface area contributed by atoms with Gasteiger partial charge >= 0.3 is 5.22 Å². The van der Waals surface area contributed by atoms with Gasteiger partial charge in [-0.2, -0.15) is 0 Å². The first-order valence-electron chi connectivity index (χ1n) is 8.68. The number of carbonyl (C=O) groups is 1. The molecule has 9 nitrogen and oxygen atoms in total. The smallest absolute Gasteiger partial charge is 0.335 e. The first kappa shape index (κ1) is 18.9. The molecule has 4 rings (SSSR count). The van der Waals surface area contributed by atoms with Gasteiger partial charge in [-0.15, -0.1) is 5.10 Å². The van der Waals surface area contributed by atoms with Crippen molar-refractivity contribution >= 4 is 15.7 Å². The van der Waals surface area contributed by atoms with Crippen LogP contribution >= 0.6 is 0 Å². The highest BCUT2D eigenvalue weighted by atomic mass is 32.2. The Balaban J connectivity index is 1.61. The highest BCUT2D eigenvalue weighted by Crippen LogP contribution is 2.32. The molecule has 0 bridgehead atoms. The van der Waals surface area contributed by atoms with Crippen molar-refractivity contribution in [2.24, 2.45) is 0 Å². The summed E-state index contributed by atoms with van der Waals surface area (Å²) in [7, 11) is -3.66. The minimum atomic E-state index is -3.66. The van der Waals surface area contributed by atoms with Gasteiger partial charge in [0.15, 0.2) is 11.5 Å². The molecule has 0 saturated heterocycles. The number of rotatable bonds is 6. The molecule has 0 radical (unpaired) electrons. The van der Waals surface area contributed by atoms with Gasteiger partial charge in [0.05, 0.1) is 0 Å². The summed E-state index contributed by atoms with van der Waals surface area (Å²) in [5.74, 6) is 0.651. The van der Waals surface area contributed by atoms with Crippen LogP contribution in [0.1, 0.15) is 27.9 Å². The fourth-order valence-corrected chi connectivity index (χ4v) is 3.27. The molecule has 0 spiro atoms. The van der Waals surface area contributed by atoms with Gasteiger partial charge in [-0.1, -0.05) is 35.4 Å². The zero-order valence-corrected chi connectivity index (χ0v) is 16.2. The predicted octanol–water partition coefficient (Wildman–Crippen LogP) is 1.92. The van der Waals surface area contributed by atoms with Crippen molar-refractivity contribution in [2.45, 2.75) is 17.7 Å². The van der Waals surface area contributed by atoms with Crippen LogP contribution in [0.2, 0.25) is 0 Å². The Labute approximate surface area is 166 Å². The molecule has 2 aromatic carbocycles. The molecule has 1 amide bonds. The first-order chi connectivity index (χ1) is 13.9. The SMILES string of the molecule is CS(=O)(=O)c1nnc([C@H](Cc2ccccc2)NC(=O)c2ccc3c(c2)OCO3)o1. The van der Waals surface area contributed by atoms with E-state index < -0.39 is 27.0 Å². The number of amides is 1. The highest BCUT2D eigenvalue weighted by Gasteiger charge is 2.26. The number of nitrogens with zero attached hydrogens (tertiary/aromatic N) is 2. The molecule has 2 heterocycles. The third-order valence-electron chi connectivity index (χ3n) is 4.26. The topological polar surface area (TPSA) is 121 Å². The van der Waals surface area contributed by atoms with Crippen LogP contribution < -0.4 is 14.8 Å². The second-order valence-corrected chi connectivity index (χ2v) is 8.36. The van der Waals surface area contributed by atoms with Gasteiger partial charge in [-0.05, 0) is 23.8 Å². The molecule has 1 atom stereocenters. The van der Waals surface area contributed by atoms with Gasteiger partial charge in [0.25, 0.3) is 5.91 Å². The number of hydrogen-bond donors (Lipinski definition) is 1. The van der Waals surface area contributed by atoms with Crippen LogP contribution in [0.25, 0.3) is 0 Å². The van der Waals surface area contributed by atoms with Crippen molar-refractivity contribution in [1.29, 1.82) is 0 Å². The van der Waals surface area contributed by atoms with E-state index in [1.54, 1.807) is 18.2 Å². The number of hydrogen-bond acceptors (Lipinski definition) is 8. The third kappa shape index (κ3) is 4.21. The van der Waals surface area contributed by atoms with Gasteiger partial charge in [-0.25, -0.2) is 8.42 Å². The summed E-state index contributed by atoms with van der Waals surface area (Å²) < 4.78 is 39.2. The summed E-state index contributed by atoms with van der Waals surface area (Å²) in [5.41, 5.74) is 1.26. The van der Waals surface area contributed by atoms with Crippen LogP contribution in [0.5, 0.6) is 11.5 Å². The Bertz CT molecular complexity index is 1140. The maximum absolute atomic E-state index is 12.8. The average Bonchev–Trinajstić information content (AvgIpc) is 3.37. The fourth-order valence-electron chi connectivity index (χ4n) is 2.84. The lowest BCUT2D eigenvalue weighted by Crippen LogP contribution is -2.30. The van der Waals surface area contributed by atoms with E-state index in [-0.39, 0.29) is 12.7 Å². The van der Waals surface area contributed by atoms with Gasteiger partial charge in [0, 0.05) is 18.2 Å². The minimum Gasteiger partial charge on any atom is -0.454 e. The monoisotopic (exact) mass is 415 g/mol. The number of fused-ring (bicyclic) bond motifs is 1. The molecular weight excluding hydrogens is 398 g/mol. The number of carbonyl (C=O) groups excluding carboxylic acids is 1. The van der Waals surface area contributed by atoms with E-state index in [0.717, 1.165) is 11.8 Å². The molecule has 1 aliphatic heterocycles. The number of benzene rings is 2. The van der Waals surface area contributed by atoms with E-state index >= 15 is 0 Å². The van der Waals surface area contributed by atoms with Crippen molar-refractivity contribution in [3.05, 3.63) is 65.5 Å². The van der Waals surface area contributed by atoms with Crippen LogP contribution in [-0.2, 0) is 16.3 Å². The summed E-state index contributed by atoms with van der Waals surface area (Å²) in [6.07, 6.45) is 1.31. The van der Waals surface area contributed by atoms with Gasteiger partial charge in [0.1, 0.15) is 6.04 Å².